The van der Waals surface area contributed by atoms with Gasteiger partial charge in [-0.05, 0) is 72.2 Å². The zero-order chi connectivity index (χ0) is 19.9. The van der Waals surface area contributed by atoms with E-state index in [1.54, 1.807) is 26.4 Å². The highest BCUT2D eigenvalue weighted by Crippen LogP contribution is 2.28. The summed E-state index contributed by atoms with van der Waals surface area (Å²) < 4.78 is 10.3. The summed E-state index contributed by atoms with van der Waals surface area (Å²) in [5.41, 5.74) is 4.84. The molecule has 0 heterocycles. The minimum absolute atomic E-state index is 0.168. The molecular formula is C24H26O4. The maximum absolute atomic E-state index is 9.68. The van der Waals surface area contributed by atoms with Crippen LogP contribution < -0.4 is 9.47 Å². The van der Waals surface area contributed by atoms with Gasteiger partial charge in [-0.15, -0.1) is 0 Å². The highest BCUT2D eigenvalue weighted by Gasteiger charge is 2.05. The maximum atomic E-state index is 9.68. The predicted molar refractivity (Wildman–Crippen MR) is 111 cm³/mol. The molecule has 4 heteroatoms. The van der Waals surface area contributed by atoms with E-state index in [4.69, 9.17) is 9.47 Å². The SMILES string of the molecule is COc1cc(CCc2ccc(CCc3ccc(O)c(OC)c3)cc2)ccc1O. The van der Waals surface area contributed by atoms with Gasteiger partial charge in [0.15, 0.2) is 23.0 Å². The van der Waals surface area contributed by atoms with Gasteiger partial charge in [0.1, 0.15) is 0 Å². The molecule has 3 aromatic carbocycles. The Balaban J connectivity index is 1.55. The lowest BCUT2D eigenvalue weighted by atomic mass is 10.00. The van der Waals surface area contributed by atoms with Crippen molar-refractivity contribution in [2.45, 2.75) is 25.7 Å². The van der Waals surface area contributed by atoms with Gasteiger partial charge in [-0.1, -0.05) is 36.4 Å². The van der Waals surface area contributed by atoms with Gasteiger partial charge in [-0.2, -0.15) is 0 Å². The van der Waals surface area contributed by atoms with E-state index in [2.05, 4.69) is 24.3 Å². The summed E-state index contributed by atoms with van der Waals surface area (Å²) in [4.78, 5) is 0. The molecule has 0 fully saturated rings. The monoisotopic (exact) mass is 378 g/mol. The van der Waals surface area contributed by atoms with Crippen molar-refractivity contribution < 1.29 is 19.7 Å². The quantitative estimate of drug-likeness (QED) is 0.597. The van der Waals surface area contributed by atoms with Crippen molar-refractivity contribution in [2.75, 3.05) is 14.2 Å². The van der Waals surface area contributed by atoms with Gasteiger partial charge in [-0.25, -0.2) is 0 Å². The lowest BCUT2D eigenvalue weighted by Gasteiger charge is -2.08. The largest absolute Gasteiger partial charge is 0.504 e. The van der Waals surface area contributed by atoms with E-state index in [1.165, 1.54) is 11.1 Å². The Morgan fingerprint density at radius 2 is 0.857 bits per heavy atom. The van der Waals surface area contributed by atoms with Crippen molar-refractivity contribution in [3.63, 3.8) is 0 Å². The van der Waals surface area contributed by atoms with Crippen molar-refractivity contribution in [1.29, 1.82) is 0 Å². The number of hydrogen-bond donors (Lipinski definition) is 2. The third kappa shape index (κ3) is 4.97. The first kappa shape index (κ1) is 19.6. The second kappa shape index (κ2) is 9.18. The molecule has 0 saturated carbocycles. The fourth-order valence-corrected chi connectivity index (χ4v) is 3.21. The van der Waals surface area contributed by atoms with E-state index in [0.717, 1.165) is 36.8 Å². The summed E-state index contributed by atoms with van der Waals surface area (Å²) in [6.07, 6.45) is 3.65. The molecule has 0 bridgehead atoms. The van der Waals surface area contributed by atoms with Crippen LogP contribution >= 0.6 is 0 Å². The number of hydrogen-bond acceptors (Lipinski definition) is 4. The Bertz CT molecular complexity index is 840. The number of methoxy groups -OCH3 is 2. The average molecular weight is 378 g/mol. The molecule has 3 aromatic rings. The molecular weight excluding hydrogens is 352 g/mol. The van der Waals surface area contributed by atoms with Gasteiger partial charge >= 0.3 is 0 Å². The smallest absolute Gasteiger partial charge is 0.160 e. The molecule has 3 rings (SSSR count). The van der Waals surface area contributed by atoms with Gasteiger partial charge < -0.3 is 19.7 Å². The number of aryl methyl sites for hydroxylation is 4. The third-order valence-electron chi connectivity index (χ3n) is 4.92. The Hall–Kier alpha value is -3.14. The van der Waals surface area contributed by atoms with Crippen LogP contribution in [0.2, 0.25) is 0 Å². The summed E-state index contributed by atoms with van der Waals surface area (Å²) in [6, 6.07) is 19.7. The Labute approximate surface area is 166 Å². The van der Waals surface area contributed by atoms with Crippen LogP contribution in [0.1, 0.15) is 22.3 Å². The minimum atomic E-state index is 0.168. The van der Waals surface area contributed by atoms with Crippen molar-refractivity contribution >= 4 is 0 Å². The molecule has 28 heavy (non-hydrogen) atoms. The first-order valence-corrected chi connectivity index (χ1v) is 9.38. The molecule has 0 aliphatic heterocycles. The Morgan fingerprint density at radius 3 is 1.21 bits per heavy atom. The van der Waals surface area contributed by atoms with Gasteiger partial charge in [0, 0.05) is 0 Å². The van der Waals surface area contributed by atoms with Crippen molar-refractivity contribution in [2.24, 2.45) is 0 Å². The number of rotatable bonds is 8. The molecule has 0 radical (unpaired) electrons. The summed E-state index contributed by atoms with van der Waals surface area (Å²) in [6.45, 7) is 0. The summed E-state index contributed by atoms with van der Waals surface area (Å²) >= 11 is 0. The molecule has 146 valence electrons. The van der Waals surface area contributed by atoms with Crippen molar-refractivity contribution in [1.82, 2.24) is 0 Å². The average Bonchev–Trinajstić information content (AvgIpc) is 2.73. The van der Waals surface area contributed by atoms with Gasteiger partial charge in [0.25, 0.3) is 0 Å². The van der Waals surface area contributed by atoms with Crippen LogP contribution in [0.3, 0.4) is 0 Å². The molecule has 2 N–H and O–H groups in total. The first-order valence-electron chi connectivity index (χ1n) is 9.38. The topological polar surface area (TPSA) is 58.9 Å². The van der Waals surface area contributed by atoms with Gasteiger partial charge in [0.2, 0.25) is 0 Å². The van der Waals surface area contributed by atoms with Crippen LogP contribution in [0.4, 0.5) is 0 Å². The zero-order valence-electron chi connectivity index (χ0n) is 16.3. The van der Waals surface area contributed by atoms with Gasteiger partial charge in [-0.3, -0.25) is 0 Å². The fraction of sp³-hybridized carbons (Fsp3) is 0.250. The number of benzene rings is 3. The molecule has 0 saturated heterocycles. The van der Waals surface area contributed by atoms with Crippen LogP contribution in [0.15, 0.2) is 60.7 Å². The third-order valence-corrected chi connectivity index (χ3v) is 4.92. The lowest BCUT2D eigenvalue weighted by molar-refractivity contribution is 0.373. The number of phenolic OH excluding ortho intramolecular Hbond substituents is 2. The Morgan fingerprint density at radius 1 is 0.536 bits per heavy atom. The molecule has 0 spiro atoms. The van der Waals surface area contributed by atoms with Crippen LogP contribution in [0.25, 0.3) is 0 Å². The van der Waals surface area contributed by atoms with E-state index in [9.17, 15) is 10.2 Å². The maximum Gasteiger partial charge on any atom is 0.160 e. The lowest BCUT2D eigenvalue weighted by Crippen LogP contribution is -1.95. The van der Waals surface area contributed by atoms with Crippen molar-refractivity contribution in [3.05, 3.63) is 82.9 Å². The molecule has 0 atom stereocenters. The van der Waals surface area contributed by atoms with Gasteiger partial charge in [0.05, 0.1) is 14.2 Å². The summed E-state index contributed by atoms with van der Waals surface area (Å²) in [7, 11) is 3.12. The molecule has 0 amide bonds. The van der Waals surface area contributed by atoms with E-state index < -0.39 is 0 Å². The van der Waals surface area contributed by atoms with E-state index in [1.807, 2.05) is 24.3 Å². The standard InChI is InChI=1S/C24H26O4/c1-27-23-15-19(11-13-21(23)25)9-7-17-3-5-18(6-4-17)8-10-20-12-14-22(26)24(16-20)28-2/h3-6,11-16,25-26H,7-10H2,1-2H3. The highest BCUT2D eigenvalue weighted by atomic mass is 16.5. The summed E-state index contributed by atoms with van der Waals surface area (Å²) in [5, 5.41) is 19.4. The van der Waals surface area contributed by atoms with E-state index in [-0.39, 0.29) is 11.5 Å². The van der Waals surface area contributed by atoms with Crippen LogP contribution in [0.5, 0.6) is 23.0 Å². The first-order chi connectivity index (χ1) is 13.6. The van der Waals surface area contributed by atoms with Crippen LogP contribution in [-0.2, 0) is 25.7 Å². The molecule has 0 aliphatic rings. The molecule has 0 unspecified atom stereocenters. The number of phenols is 2. The van der Waals surface area contributed by atoms with Crippen LogP contribution in [0, 0.1) is 0 Å². The number of aromatic hydroxyl groups is 2. The fourth-order valence-electron chi connectivity index (χ4n) is 3.21. The summed E-state index contributed by atoms with van der Waals surface area (Å²) in [5.74, 6) is 1.36. The second-order valence-electron chi connectivity index (χ2n) is 6.83. The molecule has 0 aliphatic carbocycles. The normalized spacial score (nSPS) is 10.6. The van der Waals surface area contributed by atoms with Crippen molar-refractivity contribution in [3.8, 4) is 23.0 Å². The predicted octanol–water partition coefficient (Wildman–Crippen LogP) is 4.69. The van der Waals surface area contributed by atoms with E-state index >= 15 is 0 Å². The second-order valence-corrected chi connectivity index (χ2v) is 6.83. The minimum Gasteiger partial charge on any atom is -0.504 e. The Kier molecular flexibility index (Phi) is 6.43. The zero-order valence-corrected chi connectivity index (χ0v) is 16.3. The van der Waals surface area contributed by atoms with Crippen LogP contribution in [-0.4, -0.2) is 24.4 Å². The highest BCUT2D eigenvalue weighted by molar-refractivity contribution is 5.43. The number of ether oxygens (including phenoxy) is 2. The molecule has 4 nitrogen and oxygen atoms in total. The molecule has 0 aromatic heterocycles. The van der Waals surface area contributed by atoms with E-state index in [0.29, 0.717) is 11.5 Å².